The van der Waals surface area contributed by atoms with Gasteiger partial charge in [0.15, 0.2) is 0 Å². The highest BCUT2D eigenvalue weighted by atomic mass is 16.1. The number of amides is 1. The number of fused-ring (bicyclic) bond motifs is 2. The molecule has 1 N–H and O–H groups in total. The summed E-state index contributed by atoms with van der Waals surface area (Å²) >= 11 is 0. The lowest BCUT2D eigenvalue weighted by Crippen LogP contribution is -2.32. The molecule has 1 aliphatic carbocycles. The Balaban J connectivity index is 1.52. The molecule has 0 bridgehead atoms. The Labute approximate surface area is 147 Å². The first-order valence-electron chi connectivity index (χ1n) is 9.12. The molecule has 4 heterocycles. The fourth-order valence-corrected chi connectivity index (χ4v) is 4.09. The molecule has 0 aromatic carbocycles. The van der Waals surface area contributed by atoms with Crippen LogP contribution in [0.3, 0.4) is 0 Å². The molecule has 3 aliphatic rings. The maximum absolute atomic E-state index is 12.0. The van der Waals surface area contributed by atoms with Crippen molar-refractivity contribution in [2.24, 2.45) is 0 Å². The van der Waals surface area contributed by atoms with Gasteiger partial charge in [0, 0.05) is 31.4 Å². The second-order valence-electron chi connectivity index (χ2n) is 7.51. The van der Waals surface area contributed by atoms with Gasteiger partial charge in [0.05, 0.1) is 17.8 Å². The van der Waals surface area contributed by atoms with Gasteiger partial charge in [-0.05, 0) is 54.9 Å². The van der Waals surface area contributed by atoms with Gasteiger partial charge in [-0.2, -0.15) is 0 Å². The third-order valence-corrected chi connectivity index (χ3v) is 5.85. The molecule has 0 radical (unpaired) electrons. The van der Waals surface area contributed by atoms with Crippen LogP contribution in [0.1, 0.15) is 62.8 Å². The quantitative estimate of drug-likeness (QED) is 0.917. The lowest BCUT2D eigenvalue weighted by Gasteiger charge is -2.31. The molecular weight excluding hydrogens is 312 g/mol. The predicted molar refractivity (Wildman–Crippen MR) is 95.8 cm³/mol. The maximum Gasteiger partial charge on any atom is 0.253 e. The van der Waals surface area contributed by atoms with Crippen LogP contribution < -0.4 is 10.2 Å². The molecule has 1 amide bonds. The van der Waals surface area contributed by atoms with Gasteiger partial charge in [0.25, 0.3) is 5.91 Å². The molecule has 2 aliphatic heterocycles. The first-order chi connectivity index (χ1) is 12.1. The molecule has 5 heteroatoms. The van der Waals surface area contributed by atoms with E-state index in [0.29, 0.717) is 6.54 Å². The average Bonchev–Trinajstić information content (AvgIpc) is 3.40. The van der Waals surface area contributed by atoms with E-state index in [4.69, 9.17) is 9.97 Å². The molecule has 0 spiro atoms. The number of rotatable bonds is 2. The Morgan fingerprint density at radius 1 is 1.20 bits per heavy atom. The van der Waals surface area contributed by atoms with Gasteiger partial charge < -0.3 is 10.2 Å². The van der Waals surface area contributed by atoms with Crippen molar-refractivity contribution in [1.29, 1.82) is 0 Å². The maximum atomic E-state index is 12.0. The van der Waals surface area contributed by atoms with Crippen LogP contribution in [0.4, 0.5) is 5.82 Å². The summed E-state index contributed by atoms with van der Waals surface area (Å²) in [5.41, 5.74) is 7.80. The van der Waals surface area contributed by atoms with E-state index in [1.54, 1.807) is 0 Å². The minimum absolute atomic E-state index is 0.0110. The number of hydrogen-bond acceptors (Lipinski definition) is 4. The zero-order valence-electron chi connectivity index (χ0n) is 14.7. The monoisotopic (exact) mass is 334 g/mol. The molecule has 1 fully saturated rings. The van der Waals surface area contributed by atoms with E-state index in [0.717, 1.165) is 53.6 Å². The molecule has 5 nitrogen and oxygen atoms in total. The molecule has 2 aromatic rings. The van der Waals surface area contributed by atoms with E-state index in [1.165, 1.54) is 29.7 Å². The Morgan fingerprint density at radius 2 is 2.04 bits per heavy atom. The highest BCUT2D eigenvalue weighted by Crippen LogP contribution is 2.40. The normalized spacial score (nSPS) is 18.8. The Hall–Kier alpha value is -2.43. The molecule has 5 rings (SSSR count). The number of anilines is 1. The van der Waals surface area contributed by atoms with E-state index in [-0.39, 0.29) is 5.91 Å². The van der Waals surface area contributed by atoms with Crippen molar-refractivity contribution in [3.63, 3.8) is 0 Å². The first kappa shape index (κ1) is 14.9. The van der Waals surface area contributed by atoms with E-state index >= 15 is 0 Å². The summed E-state index contributed by atoms with van der Waals surface area (Å²) in [4.78, 5) is 23.9. The number of carbonyl (C=O) groups is 1. The fraction of sp³-hybridized carbons (Fsp3) is 0.450. The molecule has 1 saturated carbocycles. The van der Waals surface area contributed by atoms with Crippen molar-refractivity contribution in [3.05, 3.63) is 51.5 Å². The van der Waals surface area contributed by atoms with Gasteiger partial charge in [0.2, 0.25) is 0 Å². The van der Waals surface area contributed by atoms with Crippen LogP contribution in [0.15, 0.2) is 12.3 Å². The minimum Gasteiger partial charge on any atom is -0.352 e. The highest BCUT2D eigenvalue weighted by molar-refractivity contribution is 5.99. The van der Waals surface area contributed by atoms with Crippen molar-refractivity contribution in [3.8, 4) is 0 Å². The SMILES string of the molecule is Cc1c(N2CCc3ncc(C4CC4)cc3C2)nc2c(c1C)C(=O)NC2. The van der Waals surface area contributed by atoms with Crippen LogP contribution in [0.2, 0.25) is 0 Å². The summed E-state index contributed by atoms with van der Waals surface area (Å²) in [6, 6.07) is 2.35. The summed E-state index contributed by atoms with van der Waals surface area (Å²) in [5, 5.41) is 2.90. The number of carbonyl (C=O) groups excluding carboxylic acids is 1. The number of hydrogen-bond donors (Lipinski definition) is 1. The van der Waals surface area contributed by atoms with Gasteiger partial charge in [-0.3, -0.25) is 9.78 Å². The van der Waals surface area contributed by atoms with Crippen LogP contribution in [-0.2, 0) is 19.5 Å². The summed E-state index contributed by atoms with van der Waals surface area (Å²) in [7, 11) is 0. The lowest BCUT2D eigenvalue weighted by molar-refractivity contribution is 0.0965. The largest absolute Gasteiger partial charge is 0.352 e. The average molecular weight is 334 g/mol. The molecule has 128 valence electrons. The smallest absolute Gasteiger partial charge is 0.253 e. The highest BCUT2D eigenvalue weighted by Gasteiger charge is 2.29. The number of nitrogens with one attached hydrogen (secondary N) is 1. The van der Waals surface area contributed by atoms with Crippen LogP contribution in [0.25, 0.3) is 0 Å². The van der Waals surface area contributed by atoms with E-state index < -0.39 is 0 Å². The zero-order valence-corrected chi connectivity index (χ0v) is 14.7. The van der Waals surface area contributed by atoms with Crippen LogP contribution in [0.5, 0.6) is 0 Å². The van der Waals surface area contributed by atoms with Crippen LogP contribution >= 0.6 is 0 Å². The Kier molecular flexibility index (Phi) is 3.14. The summed E-state index contributed by atoms with van der Waals surface area (Å²) in [6.45, 7) is 6.44. The fourth-order valence-electron chi connectivity index (χ4n) is 4.09. The molecule has 0 unspecified atom stereocenters. The Bertz CT molecular complexity index is 901. The van der Waals surface area contributed by atoms with Gasteiger partial charge in [-0.15, -0.1) is 0 Å². The van der Waals surface area contributed by atoms with Crippen LogP contribution in [0, 0.1) is 13.8 Å². The number of aromatic nitrogens is 2. The molecule has 25 heavy (non-hydrogen) atoms. The van der Waals surface area contributed by atoms with Crippen molar-refractivity contribution < 1.29 is 4.79 Å². The molecule has 0 saturated heterocycles. The van der Waals surface area contributed by atoms with E-state index in [1.807, 2.05) is 6.92 Å². The Morgan fingerprint density at radius 3 is 2.84 bits per heavy atom. The van der Waals surface area contributed by atoms with Gasteiger partial charge in [-0.25, -0.2) is 4.98 Å². The van der Waals surface area contributed by atoms with Crippen LogP contribution in [-0.4, -0.2) is 22.4 Å². The standard InChI is InChI=1S/C20H22N4O/c1-11-12(2)19(23-17-9-22-20(25)18(11)17)24-6-5-16-15(10-24)7-14(8-21-16)13-3-4-13/h7-8,13H,3-6,9-10H2,1-2H3,(H,22,25). The second kappa shape index (κ2) is 5.28. The number of nitrogens with zero attached hydrogens (tertiary/aromatic N) is 3. The third-order valence-electron chi connectivity index (χ3n) is 5.85. The second-order valence-corrected chi connectivity index (χ2v) is 7.51. The van der Waals surface area contributed by atoms with Gasteiger partial charge in [-0.1, -0.05) is 6.07 Å². The van der Waals surface area contributed by atoms with Gasteiger partial charge in [0.1, 0.15) is 5.82 Å². The van der Waals surface area contributed by atoms with E-state index in [2.05, 4.69) is 29.4 Å². The third kappa shape index (κ3) is 2.33. The van der Waals surface area contributed by atoms with Crippen molar-refractivity contribution >= 4 is 11.7 Å². The predicted octanol–water partition coefficient (Wildman–Crippen LogP) is 2.78. The first-order valence-corrected chi connectivity index (χ1v) is 9.12. The minimum atomic E-state index is 0.0110. The lowest BCUT2D eigenvalue weighted by atomic mass is 9.99. The van der Waals surface area contributed by atoms with Crippen molar-refractivity contribution in [2.75, 3.05) is 11.4 Å². The van der Waals surface area contributed by atoms with E-state index in [9.17, 15) is 4.79 Å². The molecular formula is C20H22N4O. The molecule has 0 atom stereocenters. The zero-order chi connectivity index (χ0) is 17.1. The number of pyridine rings is 2. The summed E-state index contributed by atoms with van der Waals surface area (Å²) in [5.74, 6) is 1.76. The molecule has 2 aromatic heterocycles. The van der Waals surface area contributed by atoms with Gasteiger partial charge >= 0.3 is 0 Å². The summed E-state index contributed by atoms with van der Waals surface area (Å²) in [6.07, 6.45) is 5.63. The van der Waals surface area contributed by atoms with Crippen molar-refractivity contribution in [2.45, 2.75) is 52.1 Å². The topological polar surface area (TPSA) is 58.1 Å². The van der Waals surface area contributed by atoms with Crippen molar-refractivity contribution in [1.82, 2.24) is 15.3 Å². The summed E-state index contributed by atoms with van der Waals surface area (Å²) < 4.78 is 0.